The minimum absolute atomic E-state index is 0.115. The van der Waals surface area contributed by atoms with Gasteiger partial charge in [-0.3, -0.25) is 9.59 Å². The molecule has 4 heteroatoms. The van der Waals surface area contributed by atoms with E-state index in [-0.39, 0.29) is 18.3 Å². The maximum atomic E-state index is 12.2. The van der Waals surface area contributed by atoms with Crippen molar-refractivity contribution in [2.75, 3.05) is 11.9 Å². The van der Waals surface area contributed by atoms with E-state index in [0.29, 0.717) is 11.4 Å². The monoisotopic (exact) mass is 267 g/mol. The van der Waals surface area contributed by atoms with E-state index in [1.54, 1.807) is 24.3 Å². The van der Waals surface area contributed by atoms with Gasteiger partial charge in [0.1, 0.15) is 18.3 Å². The second kappa shape index (κ2) is 5.17. The van der Waals surface area contributed by atoms with Crippen LogP contribution in [0.25, 0.3) is 0 Å². The highest BCUT2D eigenvalue weighted by Gasteiger charge is 2.35. The van der Waals surface area contributed by atoms with Gasteiger partial charge >= 0.3 is 0 Å². The SMILES string of the molecule is O=C(COc1ccccc1)C1C(=O)Nc2ccccc21. The van der Waals surface area contributed by atoms with E-state index in [9.17, 15) is 9.59 Å². The van der Waals surface area contributed by atoms with Crippen LogP contribution in [-0.4, -0.2) is 18.3 Å². The molecule has 1 aliphatic rings. The summed E-state index contributed by atoms with van der Waals surface area (Å²) in [4.78, 5) is 24.1. The molecule has 1 aliphatic heterocycles. The maximum absolute atomic E-state index is 12.2. The smallest absolute Gasteiger partial charge is 0.239 e. The Bertz CT molecular complexity index is 652. The predicted molar refractivity (Wildman–Crippen MR) is 74.8 cm³/mol. The number of nitrogens with one attached hydrogen (secondary N) is 1. The lowest BCUT2D eigenvalue weighted by atomic mass is 9.96. The third-order valence-corrected chi connectivity index (χ3v) is 3.24. The molecule has 0 saturated carbocycles. The van der Waals surface area contributed by atoms with Crippen LogP contribution in [0.4, 0.5) is 5.69 Å². The molecule has 1 unspecified atom stereocenters. The van der Waals surface area contributed by atoms with Crippen molar-refractivity contribution < 1.29 is 14.3 Å². The quantitative estimate of drug-likeness (QED) is 0.865. The average Bonchev–Trinajstić information content (AvgIpc) is 2.82. The third-order valence-electron chi connectivity index (χ3n) is 3.24. The number of rotatable bonds is 4. The minimum atomic E-state index is -0.769. The Labute approximate surface area is 116 Å². The van der Waals surface area contributed by atoms with Crippen molar-refractivity contribution in [3.8, 4) is 5.75 Å². The van der Waals surface area contributed by atoms with Crippen molar-refractivity contribution in [3.63, 3.8) is 0 Å². The van der Waals surface area contributed by atoms with E-state index in [1.807, 2.05) is 30.3 Å². The standard InChI is InChI=1S/C16H13NO3/c18-14(10-20-11-6-2-1-3-7-11)15-12-8-4-5-9-13(12)17-16(15)19/h1-9,15H,10H2,(H,17,19). The zero-order valence-corrected chi connectivity index (χ0v) is 10.7. The van der Waals surface area contributed by atoms with Crippen LogP contribution in [0.2, 0.25) is 0 Å². The zero-order chi connectivity index (χ0) is 13.9. The third kappa shape index (κ3) is 2.28. The molecule has 20 heavy (non-hydrogen) atoms. The van der Waals surface area contributed by atoms with Gasteiger partial charge in [-0.15, -0.1) is 0 Å². The number of carbonyl (C=O) groups is 2. The van der Waals surface area contributed by atoms with E-state index >= 15 is 0 Å². The Morgan fingerprint density at radius 3 is 2.55 bits per heavy atom. The lowest BCUT2D eigenvalue weighted by molar-refractivity contribution is -0.128. The van der Waals surface area contributed by atoms with E-state index in [4.69, 9.17) is 4.74 Å². The fourth-order valence-corrected chi connectivity index (χ4v) is 2.28. The largest absolute Gasteiger partial charge is 0.486 e. The van der Waals surface area contributed by atoms with Crippen LogP contribution >= 0.6 is 0 Å². The van der Waals surface area contributed by atoms with Crippen LogP contribution in [0, 0.1) is 0 Å². The molecule has 0 radical (unpaired) electrons. The summed E-state index contributed by atoms with van der Waals surface area (Å²) in [7, 11) is 0. The Hall–Kier alpha value is -2.62. The number of ether oxygens (including phenoxy) is 1. The van der Waals surface area contributed by atoms with E-state index in [1.165, 1.54) is 0 Å². The molecule has 0 aliphatic carbocycles. The van der Waals surface area contributed by atoms with Gasteiger partial charge in [0, 0.05) is 5.69 Å². The van der Waals surface area contributed by atoms with Gasteiger partial charge in [0.25, 0.3) is 0 Å². The number of anilines is 1. The Morgan fingerprint density at radius 2 is 1.75 bits per heavy atom. The molecule has 0 aromatic heterocycles. The Kier molecular flexibility index (Phi) is 3.21. The first-order chi connectivity index (χ1) is 9.75. The Morgan fingerprint density at radius 1 is 1.05 bits per heavy atom. The minimum Gasteiger partial charge on any atom is -0.486 e. The van der Waals surface area contributed by atoms with Crippen molar-refractivity contribution in [1.29, 1.82) is 0 Å². The first-order valence-corrected chi connectivity index (χ1v) is 6.36. The molecule has 1 atom stereocenters. The summed E-state index contributed by atoms with van der Waals surface area (Å²) in [5, 5.41) is 2.71. The summed E-state index contributed by atoms with van der Waals surface area (Å²) in [6, 6.07) is 16.3. The first-order valence-electron chi connectivity index (χ1n) is 6.36. The molecule has 0 bridgehead atoms. The van der Waals surface area contributed by atoms with Crippen molar-refractivity contribution in [2.24, 2.45) is 0 Å². The summed E-state index contributed by atoms with van der Waals surface area (Å²) < 4.78 is 5.41. The van der Waals surface area contributed by atoms with Gasteiger partial charge in [0.2, 0.25) is 5.91 Å². The summed E-state index contributed by atoms with van der Waals surface area (Å²) in [6.45, 7) is -0.115. The molecule has 1 N–H and O–H groups in total. The number of ketones is 1. The first kappa shape index (κ1) is 12.4. The van der Waals surface area contributed by atoms with Crippen LogP contribution < -0.4 is 10.1 Å². The number of hydrogen-bond acceptors (Lipinski definition) is 3. The van der Waals surface area contributed by atoms with E-state index < -0.39 is 5.92 Å². The molecule has 4 nitrogen and oxygen atoms in total. The molecule has 0 fully saturated rings. The number of carbonyl (C=O) groups excluding carboxylic acids is 2. The molecule has 0 saturated heterocycles. The predicted octanol–water partition coefficient (Wildman–Crippen LogP) is 2.37. The van der Waals surface area contributed by atoms with E-state index in [0.717, 1.165) is 5.56 Å². The summed E-state index contributed by atoms with van der Waals surface area (Å²) in [5.74, 6) is -0.674. The molecule has 0 spiro atoms. The highest BCUT2D eigenvalue weighted by atomic mass is 16.5. The number of para-hydroxylation sites is 2. The van der Waals surface area contributed by atoms with Gasteiger partial charge in [-0.25, -0.2) is 0 Å². The molecule has 100 valence electrons. The molecule has 1 heterocycles. The fourth-order valence-electron chi connectivity index (χ4n) is 2.28. The average molecular weight is 267 g/mol. The van der Waals surface area contributed by atoms with Crippen molar-refractivity contribution in [1.82, 2.24) is 0 Å². The second-order valence-electron chi connectivity index (χ2n) is 4.58. The lowest BCUT2D eigenvalue weighted by Crippen LogP contribution is -2.25. The molecule has 2 aromatic carbocycles. The van der Waals surface area contributed by atoms with Crippen LogP contribution in [0.5, 0.6) is 5.75 Å². The summed E-state index contributed by atoms with van der Waals surface area (Å²) >= 11 is 0. The normalized spacial score (nSPS) is 16.4. The van der Waals surface area contributed by atoms with Gasteiger partial charge in [0.05, 0.1) is 0 Å². The highest BCUT2D eigenvalue weighted by Crippen LogP contribution is 2.32. The molecular formula is C16H13NO3. The summed E-state index contributed by atoms with van der Waals surface area (Å²) in [5.41, 5.74) is 1.43. The summed E-state index contributed by atoms with van der Waals surface area (Å²) in [6.07, 6.45) is 0. The number of amides is 1. The number of fused-ring (bicyclic) bond motifs is 1. The van der Waals surface area contributed by atoms with Crippen LogP contribution in [0.15, 0.2) is 54.6 Å². The lowest BCUT2D eigenvalue weighted by Gasteiger charge is -2.09. The van der Waals surface area contributed by atoms with Crippen molar-refractivity contribution in [2.45, 2.75) is 5.92 Å². The van der Waals surface area contributed by atoms with Crippen LogP contribution in [0.3, 0.4) is 0 Å². The second-order valence-corrected chi connectivity index (χ2v) is 4.58. The van der Waals surface area contributed by atoms with Gasteiger partial charge in [-0.1, -0.05) is 36.4 Å². The van der Waals surface area contributed by atoms with Gasteiger partial charge in [-0.2, -0.15) is 0 Å². The molecule has 1 amide bonds. The number of benzene rings is 2. The molecule has 3 rings (SSSR count). The maximum Gasteiger partial charge on any atom is 0.239 e. The highest BCUT2D eigenvalue weighted by molar-refractivity contribution is 6.17. The molecule has 2 aromatic rings. The number of hydrogen-bond donors (Lipinski definition) is 1. The number of Topliss-reactive ketones (excluding diaryl/α,β-unsaturated/α-hetero) is 1. The topological polar surface area (TPSA) is 55.4 Å². The Balaban J connectivity index is 1.73. The van der Waals surface area contributed by atoms with Gasteiger partial charge in [-0.05, 0) is 23.8 Å². The van der Waals surface area contributed by atoms with Crippen molar-refractivity contribution >= 4 is 17.4 Å². The van der Waals surface area contributed by atoms with Gasteiger partial charge < -0.3 is 10.1 Å². The van der Waals surface area contributed by atoms with E-state index in [2.05, 4.69) is 5.32 Å². The van der Waals surface area contributed by atoms with Crippen molar-refractivity contribution in [3.05, 3.63) is 60.2 Å². The molecular weight excluding hydrogens is 254 g/mol. The zero-order valence-electron chi connectivity index (χ0n) is 10.7. The van der Waals surface area contributed by atoms with Gasteiger partial charge in [0.15, 0.2) is 5.78 Å². The van der Waals surface area contributed by atoms with Crippen LogP contribution in [-0.2, 0) is 9.59 Å². The fraction of sp³-hybridized carbons (Fsp3) is 0.125. The van der Waals surface area contributed by atoms with Crippen LogP contribution in [0.1, 0.15) is 11.5 Å².